The standard InChI is InChI=1S/C22H16ClFO4/c23-15-8-9-17(18(24)11-15)20-12-27-22-16(2-1-3-19(22)28-20)14-6-4-13(5-7-14)10-21(25)26/h1-9,11,20H,10,12H2,(H,25,26). The van der Waals surface area contributed by atoms with Gasteiger partial charge in [-0.25, -0.2) is 4.39 Å². The van der Waals surface area contributed by atoms with Gasteiger partial charge in [-0.1, -0.05) is 54.1 Å². The number of rotatable bonds is 4. The van der Waals surface area contributed by atoms with Crippen molar-refractivity contribution >= 4 is 17.6 Å². The molecule has 0 saturated carbocycles. The van der Waals surface area contributed by atoms with Gasteiger partial charge in [0.05, 0.1) is 6.42 Å². The van der Waals surface area contributed by atoms with Gasteiger partial charge < -0.3 is 14.6 Å². The number of halogens is 2. The zero-order valence-corrected chi connectivity index (χ0v) is 15.4. The third-order valence-electron chi connectivity index (χ3n) is 4.56. The van der Waals surface area contributed by atoms with Gasteiger partial charge in [0.15, 0.2) is 17.6 Å². The molecule has 0 radical (unpaired) electrons. The van der Waals surface area contributed by atoms with E-state index in [-0.39, 0.29) is 13.0 Å². The van der Waals surface area contributed by atoms with Gasteiger partial charge in [0.25, 0.3) is 0 Å². The maximum atomic E-state index is 14.2. The highest BCUT2D eigenvalue weighted by atomic mass is 35.5. The molecule has 0 amide bonds. The van der Waals surface area contributed by atoms with Gasteiger partial charge in [0.1, 0.15) is 12.4 Å². The molecule has 3 aromatic rings. The van der Waals surface area contributed by atoms with Crippen molar-refractivity contribution in [2.45, 2.75) is 12.5 Å². The van der Waals surface area contributed by atoms with E-state index in [1.165, 1.54) is 6.07 Å². The van der Waals surface area contributed by atoms with Crippen LogP contribution in [0.3, 0.4) is 0 Å². The van der Waals surface area contributed by atoms with E-state index in [9.17, 15) is 9.18 Å². The van der Waals surface area contributed by atoms with Crippen molar-refractivity contribution in [1.29, 1.82) is 0 Å². The minimum Gasteiger partial charge on any atom is -0.485 e. The van der Waals surface area contributed by atoms with Gasteiger partial charge in [-0.2, -0.15) is 0 Å². The van der Waals surface area contributed by atoms with Crippen molar-refractivity contribution in [3.63, 3.8) is 0 Å². The first kappa shape index (κ1) is 18.3. The zero-order chi connectivity index (χ0) is 19.7. The van der Waals surface area contributed by atoms with E-state index in [1.807, 2.05) is 24.3 Å². The topological polar surface area (TPSA) is 55.8 Å². The molecule has 1 aliphatic heterocycles. The predicted molar refractivity (Wildman–Crippen MR) is 103 cm³/mol. The van der Waals surface area contributed by atoms with Crippen LogP contribution in [0.2, 0.25) is 5.02 Å². The van der Waals surface area contributed by atoms with Crippen molar-refractivity contribution in [2.75, 3.05) is 6.61 Å². The Kier molecular flexibility index (Phi) is 4.92. The molecular formula is C22H16ClFO4. The number of hydrogen-bond donors (Lipinski definition) is 1. The highest BCUT2D eigenvalue weighted by Gasteiger charge is 2.27. The third kappa shape index (κ3) is 3.66. The molecule has 3 aromatic carbocycles. The summed E-state index contributed by atoms with van der Waals surface area (Å²) in [7, 11) is 0. The average molecular weight is 399 g/mol. The second kappa shape index (κ2) is 7.52. The third-order valence-corrected chi connectivity index (χ3v) is 4.79. The van der Waals surface area contributed by atoms with Crippen molar-refractivity contribution in [3.8, 4) is 22.6 Å². The molecule has 4 rings (SSSR count). The maximum Gasteiger partial charge on any atom is 0.307 e. The summed E-state index contributed by atoms with van der Waals surface area (Å²) in [5.74, 6) is -0.200. The Hall–Kier alpha value is -3.05. The van der Waals surface area contributed by atoms with Gasteiger partial charge in [-0.05, 0) is 29.3 Å². The first-order chi connectivity index (χ1) is 13.5. The van der Waals surface area contributed by atoms with Crippen LogP contribution in [0.4, 0.5) is 4.39 Å². The molecule has 6 heteroatoms. The van der Waals surface area contributed by atoms with Crippen LogP contribution in [0.1, 0.15) is 17.2 Å². The molecule has 0 spiro atoms. The van der Waals surface area contributed by atoms with Gasteiger partial charge >= 0.3 is 5.97 Å². The SMILES string of the molecule is O=C(O)Cc1ccc(-c2cccc3c2OCC(c2ccc(Cl)cc2F)O3)cc1. The molecule has 0 fully saturated rings. The molecule has 1 atom stereocenters. The predicted octanol–water partition coefficient (Wildman–Crippen LogP) is 5.29. The number of ether oxygens (including phenoxy) is 2. The van der Waals surface area contributed by atoms with Crippen LogP contribution >= 0.6 is 11.6 Å². The molecule has 1 aliphatic rings. The second-order valence-electron chi connectivity index (χ2n) is 6.48. The van der Waals surface area contributed by atoms with E-state index in [0.717, 1.165) is 16.7 Å². The van der Waals surface area contributed by atoms with Crippen LogP contribution < -0.4 is 9.47 Å². The second-order valence-corrected chi connectivity index (χ2v) is 6.92. The number of benzene rings is 3. The fourth-order valence-corrected chi connectivity index (χ4v) is 3.38. The Morgan fingerprint density at radius 3 is 2.64 bits per heavy atom. The van der Waals surface area contributed by atoms with Crippen molar-refractivity contribution in [1.82, 2.24) is 0 Å². The Bertz CT molecular complexity index is 1030. The summed E-state index contributed by atoms with van der Waals surface area (Å²) in [5, 5.41) is 9.22. The normalized spacial score (nSPS) is 15.3. The number of carbonyl (C=O) groups is 1. The number of aliphatic carboxylic acids is 1. The molecule has 0 saturated heterocycles. The molecule has 1 unspecified atom stereocenters. The van der Waals surface area contributed by atoms with Crippen molar-refractivity contribution in [2.24, 2.45) is 0 Å². The van der Waals surface area contributed by atoms with Crippen LogP contribution in [0.15, 0.2) is 60.7 Å². The Morgan fingerprint density at radius 2 is 1.93 bits per heavy atom. The lowest BCUT2D eigenvalue weighted by Crippen LogP contribution is -2.22. The summed E-state index contributed by atoms with van der Waals surface area (Å²) in [6.07, 6.45) is -0.598. The molecule has 1 N–H and O–H groups in total. The van der Waals surface area contributed by atoms with E-state index >= 15 is 0 Å². The number of carboxylic acid groups (broad SMARTS) is 1. The summed E-state index contributed by atoms with van der Waals surface area (Å²) < 4.78 is 26.2. The molecule has 1 heterocycles. The zero-order valence-electron chi connectivity index (χ0n) is 14.7. The first-order valence-electron chi connectivity index (χ1n) is 8.70. The van der Waals surface area contributed by atoms with Gasteiger partial charge in [-0.15, -0.1) is 0 Å². The molecular weight excluding hydrogens is 383 g/mol. The minimum atomic E-state index is -0.873. The van der Waals surface area contributed by atoms with Gasteiger partial charge in [-0.3, -0.25) is 4.79 Å². The van der Waals surface area contributed by atoms with E-state index < -0.39 is 17.9 Å². The lowest BCUT2D eigenvalue weighted by atomic mass is 10.0. The van der Waals surface area contributed by atoms with Gasteiger partial charge in [0, 0.05) is 16.1 Å². The lowest BCUT2D eigenvalue weighted by Gasteiger charge is -2.28. The molecule has 0 aliphatic carbocycles. The monoisotopic (exact) mass is 398 g/mol. The maximum absolute atomic E-state index is 14.2. The highest BCUT2D eigenvalue weighted by molar-refractivity contribution is 6.30. The fraction of sp³-hybridized carbons (Fsp3) is 0.136. The lowest BCUT2D eigenvalue weighted by molar-refractivity contribution is -0.136. The summed E-state index contributed by atoms with van der Waals surface area (Å²) in [4.78, 5) is 10.8. The Balaban J connectivity index is 1.62. The van der Waals surface area contributed by atoms with E-state index in [1.54, 1.807) is 30.3 Å². The smallest absolute Gasteiger partial charge is 0.307 e. The summed E-state index contributed by atoms with van der Waals surface area (Å²) in [5.41, 5.74) is 2.81. The van der Waals surface area contributed by atoms with E-state index in [2.05, 4.69) is 0 Å². The number of para-hydroxylation sites is 1. The number of fused-ring (bicyclic) bond motifs is 1. The summed E-state index contributed by atoms with van der Waals surface area (Å²) in [6, 6.07) is 17.2. The molecule has 0 aromatic heterocycles. The highest BCUT2D eigenvalue weighted by Crippen LogP contribution is 2.43. The number of carboxylic acids is 1. The van der Waals surface area contributed by atoms with Crippen molar-refractivity contribution in [3.05, 3.63) is 82.6 Å². The molecule has 4 nitrogen and oxygen atoms in total. The largest absolute Gasteiger partial charge is 0.485 e. The Labute approximate surface area is 166 Å². The van der Waals surface area contributed by atoms with Crippen LogP contribution in [0.25, 0.3) is 11.1 Å². The molecule has 0 bridgehead atoms. The van der Waals surface area contributed by atoms with Crippen LogP contribution in [0, 0.1) is 5.82 Å². The summed E-state index contributed by atoms with van der Waals surface area (Å²) >= 11 is 5.82. The quantitative estimate of drug-likeness (QED) is 0.649. The number of hydrogen-bond acceptors (Lipinski definition) is 3. The minimum absolute atomic E-state index is 0.0267. The van der Waals surface area contributed by atoms with E-state index in [0.29, 0.717) is 22.1 Å². The van der Waals surface area contributed by atoms with Crippen molar-refractivity contribution < 1.29 is 23.8 Å². The summed E-state index contributed by atoms with van der Waals surface area (Å²) in [6.45, 7) is 0.166. The van der Waals surface area contributed by atoms with Crippen LogP contribution in [-0.4, -0.2) is 17.7 Å². The van der Waals surface area contributed by atoms with Crippen LogP contribution in [0.5, 0.6) is 11.5 Å². The first-order valence-corrected chi connectivity index (χ1v) is 9.07. The average Bonchev–Trinajstić information content (AvgIpc) is 2.67. The van der Waals surface area contributed by atoms with Crippen LogP contribution in [-0.2, 0) is 11.2 Å². The van der Waals surface area contributed by atoms with E-state index in [4.69, 9.17) is 26.2 Å². The molecule has 28 heavy (non-hydrogen) atoms. The fourth-order valence-electron chi connectivity index (χ4n) is 3.22. The van der Waals surface area contributed by atoms with Gasteiger partial charge in [0.2, 0.25) is 0 Å². The Morgan fingerprint density at radius 1 is 1.14 bits per heavy atom. The molecule has 142 valence electrons.